The van der Waals surface area contributed by atoms with Gasteiger partial charge in [0.25, 0.3) is 0 Å². The Morgan fingerprint density at radius 1 is 1.26 bits per heavy atom. The van der Waals surface area contributed by atoms with Gasteiger partial charge in [-0.2, -0.15) is 15.5 Å². The summed E-state index contributed by atoms with van der Waals surface area (Å²) in [5, 5.41) is 22.3. The number of anilines is 1. The van der Waals surface area contributed by atoms with E-state index in [-0.39, 0.29) is 17.3 Å². The van der Waals surface area contributed by atoms with Gasteiger partial charge in [-0.15, -0.1) is 0 Å². The average Bonchev–Trinajstić information content (AvgIpc) is 3.59. The van der Waals surface area contributed by atoms with Gasteiger partial charge in [-0.05, 0) is 30.5 Å². The maximum atomic E-state index is 12.9. The molecule has 0 spiro atoms. The molecular formula is C23H23ClN8O2S. The SMILES string of the molecule is Cn1ccc(-c2nc(NS(=O)(=O)CCC3CCCC3)c(C#N)nc2-c2cc(Cl)c3[nH]ncc3c2)n1. The van der Waals surface area contributed by atoms with Crippen LogP contribution >= 0.6 is 11.6 Å². The minimum Gasteiger partial charge on any atom is -0.276 e. The number of H-pyrrole nitrogens is 1. The second-order valence-corrected chi connectivity index (χ2v) is 11.0. The molecule has 4 aromatic rings. The van der Waals surface area contributed by atoms with Crippen molar-refractivity contribution in [3.63, 3.8) is 0 Å². The Kier molecular flexibility index (Phi) is 6.17. The number of aromatic nitrogens is 6. The average molecular weight is 511 g/mol. The molecule has 1 fully saturated rings. The van der Waals surface area contributed by atoms with Crippen LogP contribution in [0.1, 0.15) is 37.8 Å². The molecule has 0 amide bonds. The first-order chi connectivity index (χ1) is 16.8. The summed E-state index contributed by atoms with van der Waals surface area (Å²) >= 11 is 6.44. The van der Waals surface area contributed by atoms with Crippen molar-refractivity contribution in [2.24, 2.45) is 13.0 Å². The van der Waals surface area contributed by atoms with Gasteiger partial charge >= 0.3 is 0 Å². The zero-order chi connectivity index (χ0) is 24.6. The minimum absolute atomic E-state index is 0.0301. The van der Waals surface area contributed by atoms with Crippen LogP contribution in [0.15, 0.2) is 30.6 Å². The monoisotopic (exact) mass is 510 g/mol. The number of nitrogens with zero attached hydrogens (tertiary/aromatic N) is 6. The lowest BCUT2D eigenvalue weighted by molar-refractivity contribution is 0.522. The number of aromatic amines is 1. The lowest BCUT2D eigenvalue weighted by Gasteiger charge is -2.14. The molecule has 5 rings (SSSR count). The van der Waals surface area contributed by atoms with Gasteiger partial charge in [0, 0.05) is 24.2 Å². The van der Waals surface area contributed by atoms with E-state index in [0.717, 1.165) is 31.1 Å². The number of nitriles is 1. The molecule has 1 aromatic carbocycles. The molecule has 12 heteroatoms. The highest BCUT2D eigenvalue weighted by atomic mass is 35.5. The summed E-state index contributed by atoms with van der Waals surface area (Å²) in [6.45, 7) is 0. The molecule has 0 unspecified atom stereocenters. The third kappa shape index (κ3) is 4.85. The Hall–Kier alpha value is -3.49. The molecule has 1 saturated carbocycles. The number of hydrogen-bond acceptors (Lipinski definition) is 7. The first-order valence-corrected chi connectivity index (χ1v) is 13.3. The fourth-order valence-electron chi connectivity index (χ4n) is 4.48. The number of nitrogens with one attached hydrogen (secondary N) is 2. The Balaban J connectivity index is 1.58. The standard InChI is InChI=1S/C23H23ClN8O2S/c1-32-8-6-18(30-32)22-21(15-10-16-13-26-29-20(16)17(24)11-15)27-19(12-25)23(28-22)31-35(33,34)9-7-14-4-2-3-5-14/h6,8,10-11,13-14H,2-5,7,9H2,1H3,(H,26,29)(H,28,31). The second-order valence-electron chi connectivity index (χ2n) is 8.76. The van der Waals surface area contributed by atoms with E-state index in [1.54, 1.807) is 36.3 Å². The van der Waals surface area contributed by atoms with Gasteiger partial charge in [-0.1, -0.05) is 37.3 Å². The van der Waals surface area contributed by atoms with Crippen LogP contribution in [0.25, 0.3) is 33.5 Å². The molecule has 35 heavy (non-hydrogen) atoms. The van der Waals surface area contributed by atoms with Crippen LogP contribution in [0.2, 0.25) is 5.02 Å². The highest BCUT2D eigenvalue weighted by Crippen LogP contribution is 2.35. The quantitative estimate of drug-likeness (QED) is 0.378. The van der Waals surface area contributed by atoms with Gasteiger partial charge in [0.2, 0.25) is 10.0 Å². The van der Waals surface area contributed by atoms with Crippen molar-refractivity contribution >= 4 is 38.3 Å². The van der Waals surface area contributed by atoms with E-state index in [0.29, 0.717) is 45.5 Å². The van der Waals surface area contributed by atoms with Gasteiger partial charge in [0.1, 0.15) is 23.2 Å². The third-order valence-corrected chi connectivity index (χ3v) is 7.83. The molecule has 0 atom stereocenters. The van der Waals surface area contributed by atoms with E-state index in [1.165, 1.54) is 0 Å². The summed E-state index contributed by atoms with van der Waals surface area (Å²) in [7, 11) is -1.95. The van der Waals surface area contributed by atoms with E-state index in [1.807, 2.05) is 12.1 Å². The lowest BCUT2D eigenvalue weighted by Crippen LogP contribution is -2.20. The largest absolute Gasteiger partial charge is 0.276 e. The first kappa shape index (κ1) is 23.3. The van der Waals surface area contributed by atoms with Crippen LogP contribution in [-0.4, -0.2) is 44.1 Å². The Labute approximate surface area is 207 Å². The molecule has 3 aromatic heterocycles. The molecule has 2 N–H and O–H groups in total. The summed E-state index contributed by atoms with van der Waals surface area (Å²) in [6, 6.07) is 7.25. The summed E-state index contributed by atoms with van der Waals surface area (Å²) in [5.74, 6) is 0.276. The first-order valence-electron chi connectivity index (χ1n) is 11.3. The maximum absolute atomic E-state index is 12.9. The van der Waals surface area contributed by atoms with Crippen molar-refractivity contribution in [2.75, 3.05) is 10.5 Å². The second kappa shape index (κ2) is 9.28. The number of rotatable bonds is 7. The lowest BCUT2D eigenvalue weighted by atomic mass is 10.1. The molecule has 1 aliphatic rings. The molecule has 0 aliphatic heterocycles. The van der Waals surface area contributed by atoms with Gasteiger partial charge in [-0.25, -0.2) is 18.4 Å². The third-order valence-electron chi connectivity index (χ3n) is 6.25. The number of aryl methyl sites for hydroxylation is 1. The van der Waals surface area contributed by atoms with Crippen molar-refractivity contribution in [2.45, 2.75) is 32.1 Å². The zero-order valence-corrected chi connectivity index (χ0v) is 20.6. The number of halogens is 1. The van der Waals surface area contributed by atoms with E-state index in [4.69, 9.17) is 11.6 Å². The molecule has 1 aliphatic carbocycles. The summed E-state index contributed by atoms with van der Waals surface area (Å²) < 4.78 is 29.8. The van der Waals surface area contributed by atoms with Crippen molar-refractivity contribution in [3.8, 4) is 28.7 Å². The van der Waals surface area contributed by atoms with E-state index >= 15 is 0 Å². The summed E-state index contributed by atoms with van der Waals surface area (Å²) in [4.78, 5) is 9.06. The Morgan fingerprint density at radius 2 is 2.06 bits per heavy atom. The normalized spacial score (nSPS) is 14.4. The smallest absolute Gasteiger partial charge is 0.233 e. The maximum Gasteiger partial charge on any atom is 0.233 e. The fraction of sp³-hybridized carbons (Fsp3) is 0.348. The van der Waals surface area contributed by atoms with Gasteiger partial charge < -0.3 is 0 Å². The highest BCUT2D eigenvalue weighted by molar-refractivity contribution is 7.92. The van der Waals surface area contributed by atoms with Crippen LogP contribution in [0, 0.1) is 17.2 Å². The zero-order valence-electron chi connectivity index (χ0n) is 19.0. The van der Waals surface area contributed by atoms with Crippen LogP contribution in [0.3, 0.4) is 0 Å². The number of hydrogen-bond donors (Lipinski definition) is 2. The molecule has 0 radical (unpaired) electrons. The fourth-order valence-corrected chi connectivity index (χ4v) is 5.93. The van der Waals surface area contributed by atoms with E-state index < -0.39 is 10.0 Å². The van der Waals surface area contributed by atoms with Gasteiger partial charge in [0.15, 0.2) is 11.5 Å². The van der Waals surface area contributed by atoms with Crippen molar-refractivity contribution < 1.29 is 8.42 Å². The highest BCUT2D eigenvalue weighted by Gasteiger charge is 2.24. The van der Waals surface area contributed by atoms with Crippen LogP contribution in [0.5, 0.6) is 0 Å². The number of sulfonamides is 1. The van der Waals surface area contributed by atoms with Crippen LogP contribution in [0.4, 0.5) is 5.82 Å². The minimum atomic E-state index is -3.72. The van der Waals surface area contributed by atoms with Gasteiger partial charge in [-0.3, -0.25) is 14.5 Å². The molecule has 180 valence electrons. The molecule has 0 saturated heterocycles. The van der Waals surface area contributed by atoms with E-state index in [9.17, 15) is 13.7 Å². The predicted octanol–water partition coefficient (Wildman–Crippen LogP) is 4.27. The van der Waals surface area contributed by atoms with Crippen LogP contribution in [-0.2, 0) is 17.1 Å². The van der Waals surface area contributed by atoms with Crippen molar-refractivity contribution in [3.05, 3.63) is 41.3 Å². The molecule has 10 nitrogen and oxygen atoms in total. The Bertz CT molecular complexity index is 1550. The molecule has 0 bridgehead atoms. The summed E-state index contributed by atoms with van der Waals surface area (Å²) in [5.41, 5.74) is 2.32. The molecular weight excluding hydrogens is 488 g/mol. The summed E-state index contributed by atoms with van der Waals surface area (Å²) in [6.07, 6.45) is 8.37. The van der Waals surface area contributed by atoms with Gasteiger partial charge in [0.05, 0.1) is 22.5 Å². The topological polar surface area (TPSA) is 142 Å². The molecule has 3 heterocycles. The number of benzene rings is 1. The van der Waals surface area contributed by atoms with Crippen molar-refractivity contribution in [1.29, 1.82) is 5.26 Å². The van der Waals surface area contributed by atoms with E-state index in [2.05, 4.69) is 30.0 Å². The predicted molar refractivity (Wildman–Crippen MR) is 133 cm³/mol. The van der Waals surface area contributed by atoms with Crippen LogP contribution < -0.4 is 4.72 Å². The van der Waals surface area contributed by atoms with Crippen molar-refractivity contribution in [1.82, 2.24) is 29.9 Å². The Morgan fingerprint density at radius 3 is 2.77 bits per heavy atom. The number of fused-ring (bicyclic) bond motifs is 1.